The number of carbonyl (C=O) groups excluding carboxylic acids is 1. The van der Waals surface area contributed by atoms with Gasteiger partial charge >= 0.3 is 5.97 Å². The number of benzene rings is 3. The Hall–Kier alpha value is -3.96. The summed E-state index contributed by atoms with van der Waals surface area (Å²) in [6, 6.07) is 24.9. The first-order chi connectivity index (χ1) is 15.6. The Balaban J connectivity index is 1.59. The fraction of sp³-hybridized carbons (Fsp3) is 0.0385. The van der Waals surface area contributed by atoms with Gasteiger partial charge in [0, 0.05) is 27.9 Å². The predicted molar refractivity (Wildman–Crippen MR) is 126 cm³/mol. The van der Waals surface area contributed by atoms with Crippen molar-refractivity contribution >= 4 is 29.5 Å². The highest BCUT2D eigenvalue weighted by atomic mass is 35.5. The minimum atomic E-state index is -0.491. The van der Waals surface area contributed by atoms with Crippen LogP contribution in [0.4, 0.5) is 0 Å². The zero-order valence-corrected chi connectivity index (χ0v) is 18.0. The number of ether oxygens (including phenoxy) is 1. The van der Waals surface area contributed by atoms with Crippen LogP contribution in [0.1, 0.15) is 16.7 Å². The number of para-hydroxylation sites is 1. The van der Waals surface area contributed by atoms with Gasteiger partial charge in [-0.1, -0.05) is 59.6 Å². The molecule has 5 rings (SSSR count). The highest BCUT2D eigenvalue weighted by Gasteiger charge is 2.25. The van der Waals surface area contributed by atoms with E-state index in [4.69, 9.17) is 21.4 Å². The zero-order valence-electron chi connectivity index (χ0n) is 17.2. The molecular formula is C26H18ClN3O2. The van der Waals surface area contributed by atoms with Crippen LogP contribution in [0.2, 0.25) is 5.02 Å². The Morgan fingerprint density at radius 1 is 0.906 bits per heavy atom. The second kappa shape index (κ2) is 8.29. The molecule has 0 bridgehead atoms. The third-order valence-electron chi connectivity index (χ3n) is 5.09. The quantitative estimate of drug-likeness (QED) is 0.296. The van der Waals surface area contributed by atoms with Gasteiger partial charge in [-0.25, -0.2) is 14.5 Å². The third kappa shape index (κ3) is 3.98. The van der Waals surface area contributed by atoms with Crippen LogP contribution in [0.15, 0.2) is 95.7 Å². The summed E-state index contributed by atoms with van der Waals surface area (Å²) in [4.78, 5) is 17.0. The molecule has 0 amide bonds. The zero-order chi connectivity index (χ0) is 22.1. The van der Waals surface area contributed by atoms with Gasteiger partial charge in [-0.2, -0.15) is 5.10 Å². The van der Waals surface area contributed by atoms with Crippen LogP contribution in [0.25, 0.3) is 23.0 Å². The summed E-state index contributed by atoms with van der Waals surface area (Å²) in [6.07, 6.45) is 3.58. The first-order valence-corrected chi connectivity index (χ1v) is 10.5. The van der Waals surface area contributed by atoms with E-state index in [2.05, 4.69) is 4.99 Å². The van der Waals surface area contributed by atoms with Gasteiger partial charge in [0.2, 0.25) is 5.90 Å². The maximum atomic E-state index is 12.5. The van der Waals surface area contributed by atoms with Gasteiger partial charge in [0.1, 0.15) is 5.69 Å². The number of esters is 1. The first-order valence-electron chi connectivity index (χ1n) is 10.1. The molecule has 2 heterocycles. The van der Waals surface area contributed by atoms with Gasteiger partial charge in [-0.15, -0.1) is 0 Å². The van der Waals surface area contributed by atoms with E-state index in [1.807, 2.05) is 92.0 Å². The topological polar surface area (TPSA) is 56.5 Å². The Morgan fingerprint density at radius 2 is 1.59 bits per heavy atom. The molecule has 0 fully saturated rings. The molecule has 0 saturated heterocycles. The van der Waals surface area contributed by atoms with E-state index in [0.29, 0.717) is 16.6 Å². The molecule has 0 atom stereocenters. The van der Waals surface area contributed by atoms with Crippen molar-refractivity contribution in [1.82, 2.24) is 9.78 Å². The van der Waals surface area contributed by atoms with Crippen molar-refractivity contribution < 1.29 is 9.53 Å². The Morgan fingerprint density at radius 3 is 2.31 bits per heavy atom. The summed E-state index contributed by atoms with van der Waals surface area (Å²) < 4.78 is 7.20. The van der Waals surface area contributed by atoms with Gasteiger partial charge < -0.3 is 4.74 Å². The predicted octanol–water partition coefficient (Wildman–Crippen LogP) is 5.85. The minimum absolute atomic E-state index is 0.225. The van der Waals surface area contributed by atoms with Crippen molar-refractivity contribution in [3.8, 4) is 16.9 Å². The van der Waals surface area contributed by atoms with Gasteiger partial charge in [-0.3, -0.25) is 0 Å². The summed E-state index contributed by atoms with van der Waals surface area (Å²) >= 11 is 6.06. The van der Waals surface area contributed by atoms with Crippen LogP contribution in [0.3, 0.4) is 0 Å². The van der Waals surface area contributed by atoms with Crippen molar-refractivity contribution in [3.63, 3.8) is 0 Å². The molecule has 1 aromatic heterocycles. The fourth-order valence-electron chi connectivity index (χ4n) is 3.41. The van der Waals surface area contributed by atoms with Crippen LogP contribution >= 0.6 is 11.6 Å². The number of aliphatic imine (C=N–C) groups is 1. The van der Waals surface area contributed by atoms with Crippen LogP contribution < -0.4 is 0 Å². The van der Waals surface area contributed by atoms with E-state index in [1.165, 1.54) is 0 Å². The summed E-state index contributed by atoms with van der Waals surface area (Å²) in [7, 11) is 0. The van der Waals surface area contributed by atoms with Crippen LogP contribution in [0, 0.1) is 6.92 Å². The fourth-order valence-corrected chi connectivity index (χ4v) is 3.54. The average molecular weight is 440 g/mol. The third-order valence-corrected chi connectivity index (χ3v) is 5.34. The van der Waals surface area contributed by atoms with Crippen molar-refractivity contribution in [1.29, 1.82) is 0 Å². The van der Waals surface area contributed by atoms with Gasteiger partial charge in [-0.05, 0) is 49.4 Å². The molecule has 3 aromatic carbocycles. The van der Waals surface area contributed by atoms with E-state index < -0.39 is 5.97 Å². The Labute approximate surface area is 190 Å². The number of hydrogen-bond donors (Lipinski definition) is 0. The molecule has 5 nitrogen and oxygen atoms in total. The van der Waals surface area contributed by atoms with E-state index >= 15 is 0 Å². The molecule has 6 heteroatoms. The molecule has 0 saturated carbocycles. The second-order valence-electron chi connectivity index (χ2n) is 7.42. The SMILES string of the molecule is Cc1ccc(C2=N/C(=C\c3cn(-c4ccccc4)nc3-c3ccc(Cl)cc3)C(=O)O2)cc1. The lowest BCUT2D eigenvalue weighted by Gasteiger charge is -2.00. The lowest BCUT2D eigenvalue weighted by atomic mass is 10.1. The van der Waals surface area contributed by atoms with E-state index in [9.17, 15) is 4.79 Å². The highest BCUT2D eigenvalue weighted by molar-refractivity contribution is 6.30. The number of rotatable bonds is 4. The van der Waals surface area contributed by atoms with Crippen molar-refractivity contribution in [3.05, 3.63) is 112 Å². The first kappa shape index (κ1) is 20.0. The number of hydrogen-bond acceptors (Lipinski definition) is 4. The number of aromatic nitrogens is 2. The van der Waals surface area contributed by atoms with Crippen LogP contribution in [0.5, 0.6) is 0 Å². The van der Waals surface area contributed by atoms with Crippen molar-refractivity contribution in [2.24, 2.45) is 4.99 Å². The van der Waals surface area contributed by atoms with Crippen LogP contribution in [-0.4, -0.2) is 21.6 Å². The summed E-state index contributed by atoms with van der Waals surface area (Å²) in [5, 5.41) is 5.40. The standard InChI is InChI=1S/C26H18ClN3O2/c1-17-7-9-19(10-8-17)25-28-23(26(31)32-25)15-20-16-30(22-5-3-2-4-6-22)29-24(20)18-11-13-21(27)14-12-18/h2-16H,1H3/b23-15-. The number of carbonyl (C=O) groups is 1. The molecule has 0 N–H and O–H groups in total. The number of halogens is 1. The van der Waals surface area contributed by atoms with Crippen molar-refractivity contribution in [2.75, 3.05) is 0 Å². The molecule has 156 valence electrons. The van der Waals surface area contributed by atoms with Gasteiger partial charge in [0.25, 0.3) is 0 Å². The normalized spacial score (nSPS) is 14.5. The van der Waals surface area contributed by atoms with Gasteiger partial charge in [0.15, 0.2) is 5.70 Å². The molecule has 1 aliphatic heterocycles. The lowest BCUT2D eigenvalue weighted by molar-refractivity contribution is -0.129. The second-order valence-corrected chi connectivity index (χ2v) is 7.86. The maximum absolute atomic E-state index is 12.5. The summed E-state index contributed by atoms with van der Waals surface area (Å²) in [5.41, 5.74) is 5.35. The average Bonchev–Trinajstić information content (AvgIpc) is 3.39. The lowest BCUT2D eigenvalue weighted by Crippen LogP contribution is -2.05. The molecule has 0 radical (unpaired) electrons. The van der Waals surface area contributed by atoms with E-state index in [0.717, 1.165) is 27.9 Å². The number of aryl methyl sites for hydroxylation is 1. The van der Waals surface area contributed by atoms with Gasteiger partial charge in [0.05, 0.1) is 5.69 Å². The minimum Gasteiger partial charge on any atom is -0.402 e. The van der Waals surface area contributed by atoms with Crippen LogP contribution in [-0.2, 0) is 9.53 Å². The molecule has 0 aliphatic carbocycles. The molecular weight excluding hydrogens is 422 g/mol. The summed E-state index contributed by atoms with van der Waals surface area (Å²) in [6.45, 7) is 2.00. The van der Waals surface area contributed by atoms with E-state index in [-0.39, 0.29) is 5.70 Å². The maximum Gasteiger partial charge on any atom is 0.363 e. The monoisotopic (exact) mass is 439 g/mol. The summed E-state index contributed by atoms with van der Waals surface area (Å²) in [5.74, 6) is -0.195. The van der Waals surface area contributed by atoms with E-state index in [1.54, 1.807) is 10.8 Å². The molecule has 4 aromatic rings. The largest absolute Gasteiger partial charge is 0.402 e. The molecule has 0 unspecified atom stereocenters. The smallest absolute Gasteiger partial charge is 0.363 e. The Bertz CT molecular complexity index is 1350. The van der Waals surface area contributed by atoms with Crippen molar-refractivity contribution in [2.45, 2.75) is 6.92 Å². The number of cyclic esters (lactones) is 1. The molecule has 1 aliphatic rings. The molecule has 32 heavy (non-hydrogen) atoms. The Kier molecular flexibility index (Phi) is 5.17. The highest BCUT2D eigenvalue weighted by Crippen LogP contribution is 2.28. The molecule has 0 spiro atoms. The number of nitrogens with zero attached hydrogens (tertiary/aromatic N) is 3.